The number of benzene rings is 2. The first-order valence-corrected chi connectivity index (χ1v) is 11.3. The number of anilines is 2. The molecule has 0 aliphatic rings. The summed E-state index contributed by atoms with van der Waals surface area (Å²) in [6, 6.07) is 13.9. The van der Waals surface area contributed by atoms with Gasteiger partial charge in [0.05, 0.1) is 16.3 Å². The van der Waals surface area contributed by atoms with E-state index < -0.39 is 10.0 Å². The molecule has 3 aromatic rings. The van der Waals surface area contributed by atoms with Crippen molar-refractivity contribution in [2.45, 2.75) is 30.6 Å². The number of carbonyl (C=O) groups excluding carboxylic acids is 1. The van der Waals surface area contributed by atoms with Crippen LogP contribution in [-0.2, 0) is 14.8 Å². The molecule has 152 valence electrons. The van der Waals surface area contributed by atoms with E-state index in [0.717, 1.165) is 10.5 Å². The third-order valence-electron chi connectivity index (χ3n) is 4.22. The van der Waals surface area contributed by atoms with Crippen LogP contribution in [0.5, 0.6) is 0 Å². The predicted octanol–water partition coefficient (Wildman–Crippen LogP) is 4.13. The molecule has 3 rings (SSSR count). The topological polar surface area (TPSA) is 101 Å². The lowest BCUT2D eigenvalue weighted by molar-refractivity contribution is -0.113. The molecule has 29 heavy (non-hydrogen) atoms. The summed E-state index contributed by atoms with van der Waals surface area (Å²) in [7, 11) is -3.82. The maximum Gasteiger partial charge on any atom is 0.264 e. The van der Waals surface area contributed by atoms with Crippen LogP contribution < -0.4 is 10.0 Å². The van der Waals surface area contributed by atoms with E-state index in [4.69, 9.17) is 4.52 Å². The molecule has 2 aromatic carbocycles. The lowest BCUT2D eigenvalue weighted by atomic mass is 10.2. The molecule has 7 nitrogen and oxygen atoms in total. The van der Waals surface area contributed by atoms with Crippen LogP contribution >= 0.6 is 11.8 Å². The highest BCUT2D eigenvalue weighted by atomic mass is 32.2. The first-order chi connectivity index (χ1) is 13.7. The molecule has 0 fully saturated rings. The van der Waals surface area contributed by atoms with Crippen molar-refractivity contribution in [3.63, 3.8) is 0 Å². The van der Waals surface area contributed by atoms with Crippen LogP contribution in [0, 0.1) is 20.8 Å². The molecule has 2 N–H and O–H groups in total. The average molecular weight is 432 g/mol. The van der Waals surface area contributed by atoms with Gasteiger partial charge in [-0.05, 0) is 57.2 Å². The van der Waals surface area contributed by atoms with E-state index >= 15 is 0 Å². The van der Waals surface area contributed by atoms with Crippen LogP contribution in [0.3, 0.4) is 0 Å². The fourth-order valence-electron chi connectivity index (χ4n) is 2.39. The zero-order chi connectivity index (χ0) is 21.0. The molecule has 1 amide bonds. The number of aromatic nitrogens is 1. The first-order valence-electron chi connectivity index (χ1n) is 8.80. The van der Waals surface area contributed by atoms with Crippen molar-refractivity contribution in [1.29, 1.82) is 0 Å². The van der Waals surface area contributed by atoms with Crippen molar-refractivity contribution in [2.24, 2.45) is 0 Å². The predicted molar refractivity (Wildman–Crippen MR) is 114 cm³/mol. The number of thioether (sulfide) groups is 1. The highest BCUT2D eigenvalue weighted by Gasteiger charge is 2.19. The van der Waals surface area contributed by atoms with Crippen molar-refractivity contribution >= 4 is 39.3 Å². The van der Waals surface area contributed by atoms with E-state index in [1.54, 1.807) is 26.0 Å². The van der Waals surface area contributed by atoms with Crippen molar-refractivity contribution in [3.8, 4) is 0 Å². The van der Waals surface area contributed by atoms with Gasteiger partial charge in [-0.15, -0.1) is 11.8 Å². The van der Waals surface area contributed by atoms with Gasteiger partial charge in [0.2, 0.25) is 11.8 Å². The van der Waals surface area contributed by atoms with Crippen LogP contribution in [0.25, 0.3) is 0 Å². The highest BCUT2D eigenvalue weighted by molar-refractivity contribution is 8.00. The standard InChI is InChI=1S/C20H21N3O4S2/c1-13-4-8-17(9-5-13)28-12-19(24)21-16-6-10-18(11-7-16)29(25,26)23-20-14(2)15(3)22-27-20/h4-11,23H,12H2,1-3H3,(H,21,24). The molecule has 0 saturated heterocycles. The number of nitrogens with zero attached hydrogens (tertiary/aromatic N) is 1. The van der Waals surface area contributed by atoms with Gasteiger partial charge in [-0.2, -0.15) is 0 Å². The van der Waals surface area contributed by atoms with Crippen LogP contribution in [0.2, 0.25) is 0 Å². The summed E-state index contributed by atoms with van der Waals surface area (Å²) in [5, 5.41) is 6.49. The number of carbonyl (C=O) groups is 1. The molecule has 0 aliphatic carbocycles. The molecule has 0 bridgehead atoms. The van der Waals surface area contributed by atoms with Crippen molar-refractivity contribution in [2.75, 3.05) is 15.8 Å². The van der Waals surface area contributed by atoms with Crippen LogP contribution in [0.1, 0.15) is 16.8 Å². The Morgan fingerprint density at radius 1 is 1.03 bits per heavy atom. The Labute approximate surface area is 173 Å². The third-order valence-corrected chi connectivity index (χ3v) is 6.58. The minimum atomic E-state index is -3.82. The molecule has 1 heterocycles. The maximum atomic E-state index is 12.5. The Balaban J connectivity index is 1.59. The largest absolute Gasteiger partial charge is 0.337 e. The second-order valence-electron chi connectivity index (χ2n) is 6.50. The van der Waals surface area contributed by atoms with Gasteiger partial charge < -0.3 is 9.84 Å². The molecule has 0 atom stereocenters. The smallest absolute Gasteiger partial charge is 0.264 e. The number of hydrogen-bond donors (Lipinski definition) is 2. The van der Waals surface area contributed by atoms with Gasteiger partial charge in [-0.25, -0.2) is 13.1 Å². The number of nitrogens with one attached hydrogen (secondary N) is 2. The lowest BCUT2D eigenvalue weighted by Gasteiger charge is -2.08. The van der Waals surface area contributed by atoms with Crippen LogP contribution in [0.15, 0.2) is 62.8 Å². The summed E-state index contributed by atoms with van der Waals surface area (Å²) in [6.45, 7) is 5.45. The van der Waals surface area contributed by atoms with E-state index in [0.29, 0.717) is 16.9 Å². The summed E-state index contributed by atoms with van der Waals surface area (Å²) < 4.78 is 32.4. The SMILES string of the molecule is Cc1ccc(SCC(=O)Nc2ccc(S(=O)(=O)Nc3onc(C)c3C)cc2)cc1. The van der Waals surface area contributed by atoms with E-state index in [9.17, 15) is 13.2 Å². The van der Waals surface area contributed by atoms with Gasteiger partial charge >= 0.3 is 0 Å². The molecule has 0 radical (unpaired) electrons. The maximum absolute atomic E-state index is 12.5. The van der Waals surface area contributed by atoms with Gasteiger partial charge in [0.25, 0.3) is 10.0 Å². The fraction of sp³-hybridized carbons (Fsp3) is 0.200. The van der Waals surface area contributed by atoms with E-state index in [-0.39, 0.29) is 22.4 Å². The second kappa shape index (κ2) is 8.71. The zero-order valence-corrected chi connectivity index (χ0v) is 17.9. The van der Waals surface area contributed by atoms with Gasteiger partial charge in [0.1, 0.15) is 0 Å². The molecular formula is C20H21N3O4S2. The number of hydrogen-bond acceptors (Lipinski definition) is 6. The van der Waals surface area contributed by atoms with Crippen molar-refractivity contribution in [3.05, 3.63) is 65.4 Å². The first kappa shape index (κ1) is 20.9. The molecule has 1 aromatic heterocycles. The minimum Gasteiger partial charge on any atom is -0.337 e. The molecule has 0 aliphatic heterocycles. The number of rotatable bonds is 7. The number of sulfonamides is 1. The molecule has 0 saturated carbocycles. The van der Waals surface area contributed by atoms with Crippen LogP contribution in [-0.4, -0.2) is 25.2 Å². The summed E-state index contributed by atoms with van der Waals surface area (Å²) in [4.78, 5) is 13.2. The Kier molecular flexibility index (Phi) is 6.29. The normalized spacial score (nSPS) is 11.3. The summed E-state index contributed by atoms with van der Waals surface area (Å²) in [5.74, 6) is 0.180. The Bertz CT molecular complexity index is 1110. The summed E-state index contributed by atoms with van der Waals surface area (Å²) >= 11 is 1.43. The summed E-state index contributed by atoms with van der Waals surface area (Å²) in [6.07, 6.45) is 0. The van der Waals surface area contributed by atoms with E-state index in [2.05, 4.69) is 15.2 Å². The Morgan fingerprint density at radius 2 is 1.69 bits per heavy atom. The molecule has 9 heteroatoms. The Hall–Kier alpha value is -2.78. The quantitative estimate of drug-likeness (QED) is 0.546. The minimum absolute atomic E-state index is 0.0537. The van der Waals surface area contributed by atoms with Crippen molar-refractivity contribution < 1.29 is 17.7 Å². The van der Waals surface area contributed by atoms with Gasteiger partial charge in [0.15, 0.2) is 0 Å². The fourth-order valence-corrected chi connectivity index (χ4v) is 4.13. The highest BCUT2D eigenvalue weighted by Crippen LogP contribution is 2.23. The van der Waals surface area contributed by atoms with E-state index in [1.807, 2.05) is 31.2 Å². The average Bonchev–Trinajstić information content (AvgIpc) is 2.99. The van der Waals surface area contributed by atoms with E-state index in [1.165, 1.54) is 23.9 Å². The van der Waals surface area contributed by atoms with Crippen molar-refractivity contribution in [1.82, 2.24) is 5.16 Å². The van der Waals surface area contributed by atoms with Gasteiger partial charge in [0, 0.05) is 16.1 Å². The summed E-state index contributed by atoms with van der Waals surface area (Å²) in [5.41, 5.74) is 2.93. The Morgan fingerprint density at radius 3 is 2.28 bits per heavy atom. The number of aryl methyl sites for hydroxylation is 2. The molecule has 0 unspecified atom stereocenters. The van der Waals surface area contributed by atoms with Crippen LogP contribution in [0.4, 0.5) is 11.6 Å². The monoisotopic (exact) mass is 431 g/mol. The zero-order valence-electron chi connectivity index (χ0n) is 16.2. The van der Waals surface area contributed by atoms with Gasteiger partial charge in [-0.3, -0.25) is 4.79 Å². The third kappa shape index (κ3) is 5.39. The second-order valence-corrected chi connectivity index (χ2v) is 9.23. The van der Waals surface area contributed by atoms with Gasteiger partial charge in [-0.1, -0.05) is 22.9 Å². The molecular weight excluding hydrogens is 410 g/mol. The lowest BCUT2D eigenvalue weighted by Crippen LogP contribution is -2.15. The molecule has 0 spiro atoms. The number of amides is 1.